The van der Waals surface area contributed by atoms with Gasteiger partial charge in [0.1, 0.15) is 5.82 Å². The maximum Gasteiger partial charge on any atom is 0.195 e. The second kappa shape index (κ2) is 3.82. The summed E-state index contributed by atoms with van der Waals surface area (Å²) in [4.78, 5) is 0. The van der Waals surface area contributed by atoms with E-state index in [0.29, 0.717) is 16.8 Å². The van der Waals surface area contributed by atoms with Crippen LogP contribution in [0.15, 0.2) is 0 Å². The summed E-state index contributed by atoms with van der Waals surface area (Å²) >= 11 is 5.15. The molecule has 2 unspecified atom stereocenters. The quantitative estimate of drug-likeness (QED) is 0.760. The molecule has 1 fully saturated rings. The molecule has 2 heterocycles. The number of hydrogen-bond acceptors (Lipinski definition) is 3. The Kier molecular flexibility index (Phi) is 2.69. The van der Waals surface area contributed by atoms with Gasteiger partial charge in [0, 0.05) is 19.1 Å². The number of nitrogens with zero attached hydrogens (tertiary/aromatic N) is 2. The van der Waals surface area contributed by atoms with Crippen LogP contribution in [0.25, 0.3) is 0 Å². The van der Waals surface area contributed by atoms with Crippen LogP contribution in [0.1, 0.15) is 19.2 Å². The van der Waals surface area contributed by atoms with Crippen LogP contribution >= 0.6 is 12.2 Å². The van der Waals surface area contributed by atoms with E-state index in [9.17, 15) is 0 Å². The van der Waals surface area contributed by atoms with Crippen molar-refractivity contribution < 1.29 is 4.74 Å². The Bertz CT molecular complexity index is 370. The summed E-state index contributed by atoms with van der Waals surface area (Å²) in [6, 6.07) is 0. The maximum atomic E-state index is 5.52. The molecule has 0 saturated carbocycles. The molecule has 14 heavy (non-hydrogen) atoms. The summed E-state index contributed by atoms with van der Waals surface area (Å²) < 4.78 is 8.27. The highest BCUT2D eigenvalue weighted by Crippen LogP contribution is 2.22. The predicted molar refractivity (Wildman–Crippen MR) is 55.7 cm³/mol. The molecule has 1 aliphatic heterocycles. The van der Waals surface area contributed by atoms with E-state index in [1.807, 2.05) is 11.5 Å². The fourth-order valence-electron chi connectivity index (χ4n) is 1.86. The normalized spacial score (nSPS) is 27.0. The zero-order valence-electron chi connectivity index (χ0n) is 8.49. The average molecular weight is 213 g/mol. The number of H-pyrrole nitrogens is 1. The molecule has 78 valence electrons. The average Bonchev–Trinajstić information content (AvgIpc) is 2.67. The predicted octanol–water partition coefficient (Wildman–Crippen LogP) is 1.67. The van der Waals surface area contributed by atoms with Crippen molar-refractivity contribution in [1.29, 1.82) is 0 Å². The topological polar surface area (TPSA) is 42.8 Å². The number of aromatic nitrogens is 3. The van der Waals surface area contributed by atoms with Crippen LogP contribution in [-0.2, 0) is 11.3 Å². The lowest BCUT2D eigenvalue weighted by atomic mass is 10.0. The summed E-state index contributed by atoms with van der Waals surface area (Å²) in [5, 5.41) is 6.89. The molecule has 2 rings (SSSR count). The van der Waals surface area contributed by atoms with Gasteiger partial charge in [-0.25, -0.2) is 0 Å². The molecule has 1 saturated heterocycles. The lowest BCUT2D eigenvalue weighted by molar-refractivity contribution is 0.101. The van der Waals surface area contributed by atoms with E-state index in [1.165, 1.54) is 0 Å². The standard InChI is InChI=1S/C9H15N3OS/c1-6-8(3-4-13-6)5-12-7(2)10-11-9(12)14/h6,8H,3-5H2,1-2H3,(H,11,14). The first-order valence-electron chi connectivity index (χ1n) is 4.92. The second-order valence-electron chi connectivity index (χ2n) is 3.81. The van der Waals surface area contributed by atoms with E-state index >= 15 is 0 Å². The molecule has 0 bridgehead atoms. The van der Waals surface area contributed by atoms with Gasteiger partial charge in [0.15, 0.2) is 4.77 Å². The van der Waals surface area contributed by atoms with Crippen LogP contribution in [0.3, 0.4) is 0 Å². The van der Waals surface area contributed by atoms with Gasteiger partial charge in [0.05, 0.1) is 6.10 Å². The summed E-state index contributed by atoms with van der Waals surface area (Å²) in [5.74, 6) is 1.52. The molecule has 0 aromatic carbocycles. The van der Waals surface area contributed by atoms with Crippen molar-refractivity contribution in [3.05, 3.63) is 10.6 Å². The van der Waals surface area contributed by atoms with Crippen molar-refractivity contribution in [3.63, 3.8) is 0 Å². The van der Waals surface area contributed by atoms with Gasteiger partial charge < -0.3 is 9.30 Å². The molecule has 4 nitrogen and oxygen atoms in total. The van der Waals surface area contributed by atoms with E-state index in [-0.39, 0.29) is 0 Å². The Morgan fingerprint density at radius 1 is 1.71 bits per heavy atom. The van der Waals surface area contributed by atoms with Crippen molar-refractivity contribution in [2.75, 3.05) is 6.61 Å². The van der Waals surface area contributed by atoms with Crippen LogP contribution in [0.4, 0.5) is 0 Å². The smallest absolute Gasteiger partial charge is 0.195 e. The lowest BCUT2D eigenvalue weighted by Gasteiger charge is -2.14. The van der Waals surface area contributed by atoms with Crippen molar-refractivity contribution in [2.24, 2.45) is 5.92 Å². The van der Waals surface area contributed by atoms with Crippen LogP contribution in [0.2, 0.25) is 0 Å². The Balaban J connectivity index is 2.14. The zero-order valence-corrected chi connectivity index (χ0v) is 9.30. The number of rotatable bonds is 2. The van der Waals surface area contributed by atoms with Gasteiger partial charge in [-0.2, -0.15) is 5.10 Å². The number of aryl methyl sites for hydroxylation is 1. The number of ether oxygens (including phenoxy) is 1. The van der Waals surface area contributed by atoms with Gasteiger partial charge >= 0.3 is 0 Å². The van der Waals surface area contributed by atoms with E-state index in [2.05, 4.69) is 17.1 Å². The van der Waals surface area contributed by atoms with Gasteiger partial charge in [-0.1, -0.05) is 0 Å². The minimum Gasteiger partial charge on any atom is -0.378 e. The molecule has 0 amide bonds. The lowest BCUT2D eigenvalue weighted by Crippen LogP contribution is -2.18. The Morgan fingerprint density at radius 2 is 2.50 bits per heavy atom. The SMILES string of the molecule is Cc1n[nH]c(=S)n1CC1CCOC1C. The van der Waals surface area contributed by atoms with Crippen molar-refractivity contribution in [2.45, 2.75) is 32.9 Å². The Labute approximate surface area is 88.3 Å². The molecule has 2 atom stereocenters. The first kappa shape index (κ1) is 9.86. The number of aromatic amines is 1. The highest BCUT2D eigenvalue weighted by molar-refractivity contribution is 7.71. The maximum absolute atomic E-state index is 5.52. The summed E-state index contributed by atoms with van der Waals surface area (Å²) in [5.41, 5.74) is 0. The first-order valence-corrected chi connectivity index (χ1v) is 5.32. The van der Waals surface area contributed by atoms with Crippen LogP contribution < -0.4 is 0 Å². The Hall–Kier alpha value is -0.680. The van der Waals surface area contributed by atoms with Gasteiger partial charge in [0.25, 0.3) is 0 Å². The third kappa shape index (κ3) is 1.74. The monoisotopic (exact) mass is 213 g/mol. The largest absolute Gasteiger partial charge is 0.378 e. The molecular formula is C9H15N3OS. The second-order valence-corrected chi connectivity index (χ2v) is 4.20. The van der Waals surface area contributed by atoms with Crippen molar-refractivity contribution >= 4 is 12.2 Å². The van der Waals surface area contributed by atoms with E-state index in [1.54, 1.807) is 0 Å². The van der Waals surface area contributed by atoms with Gasteiger partial charge in [-0.3, -0.25) is 5.10 Å². The molecule has 1 N–H and O–H groups in total. The molecule has 5 heteroatoms. The molecule has 1 aromatic rings. The molecule has 1 aromatic heterocycles. The summed E-state index contributed by atoms with van der Waals surface area (Å²) in [7, 11) is 0. The number of nitrogens with one attached hydrogen (secondary N) is 1. The molecule has 1 aliphatic rings. The first-order chi connectivity index (χ1) is 6.68. The van der Waals surface area contributed by atoms with E-state index in [4.69, 9.17) is 17.0 Å². The van der Waals surface area contributed by atoms with E-state index in [0.717, 1.165) is 25.4 Å². The fourth-order valence-corrected chi connectivity index (χ4v) is 2.11. The molecule has 0 aliphatic carbocycles. The van der Waals surface area contributed by atoms with E-state index < -0.39 is 0 Å². The van der Waals surface area contributed by atoms with Crippen molar-refractivity contribution in [1.82, 2.24) is 14.8 Å². The molecular weight excluding hydrogens is 198 g/mol. The van der Waals surface area contributed by atoms with Crippen LogP contribution in [-0.4, -0.2) is 27.5 Å². The number of hydrogen-bond donors (Lipinski definition) is 1. The molecule has 0 spiro atoms. The fraction of sp³-hybridized carbons (Fsp3) is 0.778. The van der Waals surface area contributed by atoms with Gasteiger partial charge in [-0.15, -0.1) is 0 Å². The van der Waals surface area contributed by atoms with Crippen LogP contribution in [0, 0.1) is 17.6 Å². The molecule has 0 radical (unpaired) electrons. The third-order valence-electron chi connectivity index (χ3n) is 2.90. The Morgan fingerprint density at radius 3 is 3.00 bits per heavy atom. The summed E-state index contributed by atoms with van der Waals surface area (Å²) in [6.45, 7) is 5.88. The van der Waals surface area contributed by atoms with Crippen molar-refractivity contribution in [3.8, 4) is 0 Å². The summed E-state index contributed by atoms with van der Waals surface area (Å²) in [6.07, 6.45) is 1.46. The highest BCUT2D eigenvalue weighted by atomic mass is 32.1. The zero-order chi connectivity index (χ0) is 10.1. The third-order valence-corrected chi connectivity index (χ3v) is 3.21. The highest BCUT2D eigenvalue weighted by Gasteiger charge is 2.25. The van der Waals surface area contributed by atoms with Gasteiger partial charge in [-0.05, 0) is 32.5 Å². The van der Waals surface area contributed by atoms with Gasteiger partial charge in [0.2, 0.25) is 0 Å². The van der Waals surface area contributed by atoms with Crippen LogP contribution in [0.5, 0.6) is 0 Å². The minimum atomic E-state index is 0.339. The minimum absolute atomic E-state index is 0.339.